The molecule has 2 heterocycles. The third-order valence-electron chi connectivity index (χ3n) is 3.78. The monoisotopic (exact) mass is 374 g/mol. The number of nitrogens with zero attached hydrogens (tertiary/aromatic N) is 3. The van der Waals surface area contributed by atoms with E-state index in [-0.39, 0.29) is 10.8 Å². The predicted molar refractivity (Wildman–Crippen MR) is 95.7 cm³/mol. The molecule has 0 aliphatic heterocycles. The van der Waals surface area contributed by atoms with E-state index < -0.39 is 10.2 Å². The highest BCUT2D eigenvalue weighted by Crippen LogP contribution is 2.23. The molecule has 0 bridgehead atoms. The normalized spacial score (nSPS) is 13.5. The van der Waals surface area contributed by atoms with Crippen LogP contribution in [0.5, 0.6) is 0 Å². The van der Waals surface area contributed by atoms with Crippen molar-refractivity contribution in [3.63, 3.8) is 0 Å². The number of sulfone groups is 1. The Morgan fingerprint density at radius 1 is 1.31 bits per heavy atom. The number of nitrogens with one attached hydrogen (secondary N) is 1. The zero-order valence-electron chi connectivity index (χ0n) is 14.3. The van der Waals surface area contributed by atoms with Gasteiger partial charge in [-0.2, -0.15) is 0 Å². The predicted octanol–water partition coefficient (Wildman–Crippen LogP) is 1.39. The average Bonchev–Trinajstić information content (AvgIpc) is 3.04. The fourth-order valence-corrected chi connectivity index (χ4v) is 3.12. The number of carbonyl (C=O) groups is 1. The second-order valence-electron chi connectivity index (χ2n) is 5.72. The van der Waals surface area contributed by atoms with Crippen LogP contribution in [0.2, 0.25) is 0 Å². The van der Waals surface area contributed by atoms with Gasteiger partial charge in [0.2, 0.25) is 0 Å². The third-order valence-corrected chi connectivity index (χ3v) is 4.89. The molecule has 0 saturated heterocycles. The van der Waals surface area contributed by atoms with Crippen molar-refractivity contribution in [1.29, 1.82) is 0 Å². The molecule has 0 saturated carbocycles. The lowest BCUT2D eigenvalue weighted by Gasteiger charge is -2.09. The van der Waals surface area contributed by atoms with Crippen molar-refractivity contribution in [2.24, 2.45) is 0 Å². The summed E-state index contributed by atoms with van der Waals surface area (Å²) in [5.41, 5.74) is 1.59. The van der Waals surface area contributed by atoms with Gasteiger partial charge in [-0.25, -0.2) is 0 Å². The zero-order chi connectivity index (χ0) is 18.7. The van der Waals surface area contributed by atoms with E-state index in [2.05, 4.69) is 15.5 Å². The molecule has 8 nitrogen and oxygen atoms in total. The summed E-state index contributed by atoms with van der Waals surface area (Å²) in [6.07, 6.45) is 2.77. The maximum absolute atomic E-state index is 12.2. The largest absolute Gasteiger partial charge is 0.610 e. The molecule has 1 aromatic carbocycles. The highest BCUT2D eigenvalue weighted by atomic mass is 32.3. The van der Waals surface area contributed by atoms with Crippen LogP contribution in [0.4, 0.5) is 0 Å². The van der Waals surface area contributed by atoms with Crippen LogP contribution in [0.1, 0.15) is 10.4 Å². The van der Waals surface area contributed by atoms with E-state index in [1.54, 1.807) is 42.0 Å². The van der Waals surface area contributed by atoms with Gasteiger partial charge in [0.15, 0.2) is 16.4 Å². The van der Waals surface area contributed by atoms with E-state index in [1.165, 1.54) is 12.1 Å². The number of carbonyl (C=O) groups excluding carboxylic acids is 1. The molecule has 1 unspecified atom stereocenters. The van der Waals surface area contributed by atoms with Crippen LogP contribution >= 0.6 is 0 Å². The summed E-state index contributed by atoms with van der Waals surface area (Å²) in [6.45, 7) is 0.822. The van der Waals surface area contributed by atoms with Gasteiger partial charge in [0.25, 0.3) is 5.91 Å². The highest BCUT2D eigenvalue weighted by molar-refractivity contribution is 7.97. The van der Waals surface area contributed by atoms with Crippen LogP contribution in [-0.4, -0.2) is 51.6 Å². The van der Waals surface area contributed by atoms with E-state index in [0.717, 1.165) is 6.26 Å². The van der Waals surface area contributed by atoms with Crippen LogP contribution < -0.4 is 5.32 Å². The molecule has 0 aliphatic rings. The van der Waals surface area contributed by atoms with Crippen LogP contribution in [0.3, 0.4) is 0 Å². The van der Waals surface area contributed by atoms with Crippen LogP contribution in [0.15, 0.2) is 47.5 Å². The topological polar surface area (TPSA) is 109 Å². The molecule has 0 spiro atoms. The molecule has 1 amide bonds. The van der Waals surface area contributed by atoms with Crippen LogP contribution in [0.25, 0.3) is 17.0 Å². The van der Waals surface area contributed by atoms with Crippen molar-refractivity contribution in [3.8, 4) is 11.4 Å². The summed E-state index contributed by atoms with van der Waals surface area (Å²) in [5, 5.41) is 11.0. The van der Waals surface area contributed by atoms with Crippen LogP contribution in [-0.2, 0) is 19.2 Å². The van der Waals surface area contributed by atoms with Gasteiger partial charge in [0.05, 0.1) is 22.4 Å². The van der Waals surface area contributed by atoms with Gasteiger partial charge in [-0.1, -0.05) is 12.1 Å². The molecule has 2 aromatic heterocycles. The maximum atomic E-state index is 12.2. The highest BCUT2D eigenvalue weighted by Gasteiger charge is 2.16. The number of pyridine rings is 1. The van der Waals surface area contributed by atoms with E-state index in [9.17, 15) is 13.6 Å². The minimum atomic E-state index is -3.34. The first-order chi connectivity index (χ1) is 12.4. The summed E-state index contributed by atoms with van der Waals surface area (Å²) in [6, 6.07) is 9.80. The number of amides is 1. The van der Waals surface area contributed by atoms with Crippen molar-refractivity contribution < 1.29 is 18.3 Å². The van der Waals surface area contributed by atoms with Crippen LogP contribution in [0, 0.1) is 0 Å². The number of hydrogen-bond acceptors (Lipinski definition) is 6. The number of ether oxygens (including phenoxy) is 1. The van der Waals surface area contributed by atoms with Crippen molar-refractivity contribution in [3.05, 3.63) is 48.2 Å². The Morgan fingerprint density at radius 2 is 2.12 bits per heavy atom. The SMILES string of the molecule is COCCNC(=O)c1ccc2nnc(-c3cccc([S+](C)(=O)[O-])c3)n2c1. The summed E-state index contributed by atoms with van der Waals surface area (Å²) in [5.74, 6) is 0.213. The van der Waals surface area contributed by atoms with Gasteiger partial charge < -0.3 is 14.6 Å². The van der Waals surface area contributed by atoms with Gasteiger partial charge in [-0.3, -0.25) is 9.20 Å². The zero-order valence-corrected chi connectivity index (χ0v) is 15.2. The van der Waals surface area contributed by atoms with E-state index in [0.29, 0.717) is 35.8 Å². The molecule has 0 radical (unpaired) electrons. The smallest absolute Gasteiger partial charge is 0.252 e. The summed E-state index contributed by atoms with van der Waals surface area (Å²) < 4.78 is 30.1. The number of hydrogen-bond donors (Lipinski definition) is 1. The number of fused-ring (bicyclic) bond motifs is 1. The minimum Gasteiger partial charge on any atom is -0.610 e. The summed E-state index contributed by atoms with van der Waals surface area (Å²) in [7, 11) is -1.78. The molecule has 136 valence electrons. The Bertz CT molecular complexity index is 995. The Kier molecular flexibility index (Phi) is 5.12. The molecule has 1 N–H and O–H groups in total. The number of benzene rings is 1. The van der Waals surface area contributed by atoms with Gasteiger partial charge >= 0.3 is 0 Å². The number of aromatic nitrogens is 3. The van der Waals surface area contributed by atoms with E-state index in [1.807, 2.05) is 0 Å². The lowest BCUT2D eigenvalue weighted by atomic mass is 10.2. The lowest BCUT2D eigenvalue weighted by Crippen LogP contribution is -2.27. The Morgan fingerprint density at radius 3 is 2.85 bits per heavy atom. The number of methoxy groups -OCH3 is 1. The Hall–Kier alpha value is -2.62. The second kappa shape index (κ2) is 7.32. The molecule has 1 atom stereocenters. The van der Waals surface area contributed by atoms with Crippen molar-refractivity contribution in [2.75, 3.05) is 26.5 Å². The standard InChI is InChI=1S/C17H18N4O4S/c1-25-9-8-18-17(22)13-6-7-15-19-20-16(21(15)11-13)12-4-3-5-14(10-12)26(2,23)24/h3-7,10-11H,8-9H2,1-2H3,(H-,18,22,23,24). The summed E-state index contributed by atoms with van der Waals surface area (Å²) >= 11 is 0. The molecule has 0 fully saturated rings. The molecule has 3 rings (SSSR count). The molecule has 9 heteroatoms. The van der Waals surface area contributed by atoms with Crippen molar-refractivity contribution in [1.82, 2.24) is 19.9 Å². The van der Waals surface area contributed by atoms with Crippen molar-refractivity contribution in [2.45, 2.75) is 4.90 Å². The average molecular weight is 374 g/mol. The lowest BCUT2D eigenvalue weighted by molar-refractivity contribution is 0.0936. The van der Waals surface area contributed by atoms with Gasteiger partial charge in [0, 0.05) is 31.5 Å². The Balaban J connectivity index is 1.99. The van der Waals surface area contributed by atoms with E-state index in [4.69, 9.17) is 4.74 Å². The van der Waals surface area contributed by atoms with Gasteiger partial charge in [0.1, 0.15) is 6.26 Å². The molecule has 3 aromatic rings. The number of rotatable bonds is 6. The second-order valence-corrected chi connectivity index (χ2v) is 7.73. The third kappa shape index (κ3) is 3.79. The first-order valence-electron chi connectivity index (χ1n) is 7.82. The van der Waals surface area contributed by atoms with E-state index >= 15 is 0 Å². The van der Waals surface area contributed by atoms with Crippen molar-refractivity contribution >= 4 is 21.8 Å². The molecule has 0 aliphatic carbocycles. The van der Waals surface area contributed by atoms with Gasteiger partial charge in [-0.05, 0) is 18.2 Å². The maximum Gasteiger partial charge on any atom is 0.252 e. The first kappa shape index (κ1) is 18.2. The Labute approximate surface area is 151 Å². The first-order valence-corrected chi connectivity index (χ1v) is 9.72. The fourth-order valence-electron chi connectivity index (χ4n) is 2.46. The molecule has 26 heavy (non-hydrogen) atoms. The quantitative estimate of drug-likeness (QED) is 0.516. The fraction of sp³-hybridized carbons (Fsp3) is 0.235. The summed E-state index contributed by atoms with van der Waals surface area (Å²) in [4.78, 5) is 12.4. The molecular weight excluding hydrogens is 356 g/mol. The minimum absolute atomic E-state index is 0.195. The molecular formula is C17H18N4O4S. The van der Waals surface area contributed by atoms with Gasteiger partial charge in [-0.15, -0.1) is 14.4 Å².